The molecule has 2 aromatic carbocycles. The molecular formula is C16H12ClF2N3S2. The molecule has 0 aliphatic heterocycles. The Balaban J connectivity index is 1.67. The number of nitrogens with one attached hydrogen (secondary N) is 2. The largest absolute Gasteiger partial charge is 0.380 e. The van der Waals surface area contributed by atoms with E-state index in [0.717, 1.165) is 17.5 Å². The van der Waals surface area contributed by atoms with Crippen molar-refractivity contribution in [3.8, 4) is 0 Å². The lowest BCUT2D eigenvalue weighted by Gasteiger charge is -2.11. The number of halogens is 3. The Labute approximate surface area is 151 Å². The van der Waals surface area contributed by atoms with Crippen molar-refractivity contribution in [3.63, 3.8) is 0 Å². The minimum atomic E-state index is -0.407. The molecule has 3 aromatic rings. The normalized spacial score (nSPS) is 10.6. The summed E-state index contributed by atoms with van der Waals surface area (Å²) in [5.41, 5.74) is 1.20. The Hall–Kier alpha value is -1.83. The molecule has 0 saturated heterocycles. The number of rotatable bonds is 6. The lowest BCUT2D eigenvalue weighted by Crippen LogP contribution is -2.01. The van der Waals surface area contributed by atoms with Crippen molar-refractivity contribution in [2.24, 2.45) is 0 Å². The predicted octanol–water partition coefficient (Wildman–Crippen LogP) is 5.81. The molecule has 0 saturated carbocycles. The molecule has 0 bridgehead atoms. The third-order valence-corrected chi connectivity index (χ3v) is 5.03. The monoisotopic (exact) mass is 383 g/mol. The van der Waals surface area contributed by atoms with Gasteiger partial charge < -0.3 is 10.0 Å². The van der Waals surface area contributed by atoms with E-state index in [9.17, 15) is 8.78 Å². The summed E-state index contributed by atoms with van der Waals surface area (Å²) in [5, 5.41) is 5.91. The van der Waals surface area contributed by atoms with Crippen molar-refractivity contribution < 1.29 is 8.78 Å². The molecule has 24 heavy (non-hydrogen) atoms. The molecule has 0 aliphatic carbocycles. The minimum Gasteiger partial charge on any atom is -0.380 e. The smallest absolute Gasteiger partial charge is 0.192 e. The minimum absolute atomic E-state index is 0.313. The average Bonchev–Trinajstić information content (AvgIpc) is 3.07. The molecule has 3 nitrogen and oxygen atoms in total. The highest BCUT2D eigenvalue weighted by Gasteiger charge is 2.10. The maximum Gasteiger partial charge on any atom is 0.192 e. The van der Waals surface area contributed by atoms with E-state index >= 15 is 0 Å². The molecule has 0 atom stereocenters. The second-order valence-corrected chi connectivity index (χ2v) is 6.94. The first kappa shape index (κ1) is 17.0. The number of nitrogens with zero attached hydrogens (tertiary/aromatic N) is 1. The zero-order valence-corrected chi connectivity index (χ0v) is 14.6. The van der Waals surface area contributed by atoms with Gasteiger partial charge in [-0.25, -0.2) is 13.8 Å². The van der Waals surface area contributed by atoms with Crippen LogP contribution in [0.2, 0.25) is 5.02 Å². The van der Waals surface area contributed by atoms with Crippen molar-refractivity contribution in [2.45, 2.75) is 11.4 Å². The van der Waals surface area contributed by atoms with E-state index < -0.39 is 5.82 Å². The number of thiazole rings is 1. The maximum atomic E-state index is 14.2. The first-order valence-electron chi connectivity index (χ1n) is 6.91. The van der Waals surface area contributed by atoms with Crippen LogP contribution in [0.3, 0.4) is 0 Å². The van der Waals surface area contributed by atoms with Crippen molar-refractivity contribution >= 4 is 45.7 Å². The lowest BCUT2D eigenvalue weighted by molar-refractivity contribution is 0.602. The molecule has 124 valence electrons. The summed E-state index contributed by atoms with van der Waals surface area (Å²) in [7, 11) is 0. The summed E-state index contributed by atoms with van der Waals surface area (Å²) in [4.78, 5) is 4.43. The molecule has 0 unspecified atom stereocenters. The van der Waals surface area contributed by atoms with E-state index in [1.54, 1.807) is 18.3 Å². The molecule has 1 heterocycles. The first-order chi connectivity index (χ1) is 11.6. The van der Waals surface area contributed by atoms with Crippen LogP contribution in [0, 0.1) is 11.6 Å². The van der Waals surface area contributed by atoms with Gasteiger partial charge in [0.1, 0.15) is 11.6 Å². The third kappa shape index (κ3) is 4.37. The van der Waals surface area contributed by atoms with Crippen molar-refractivity contribution in [2.75, 3.05) is 10.0 Å². The first-order valence-corrected chi connectivity index (χ1v) is 8.99. The van der Waals surface area contributed by atoms with Crippen LogP contribution in [-0.4, -0.2) is 4.98 Å². The zero-order valence-electron chi connectivity index (χ0n) is 12.2. The van der Waals surface area contributed by atoms with Gasteiger partial charge in [-0.15, -0.1) is 11.3 Å². The quantitative estimate of drug-likeness (QED) is 0.527. The molecule has 2 N–H and O–H groups in total. The van der Waals surface area contributed by atoms with Gasteiger partial charge >= 0.3 is 0 Å². The molecule has 0 amide bonds. The molecule has 0 spiro atoms. The van der Waals surface area contributed by atoms with Gasteiger partial charge in [-0.2, -0.15) is 0 Å². The number of aromatic nitrogens is 1. The van der Waals surface area contributed by atoms with E-state index in [0.29, 0.717) is 27.3 Å². The van der Waals surface area contributed by atoms with E-state index in [1.165, 1.54) is 35.6 Å². The SMILES string of the molecule is Fc1cccc(CNc2cc(F)c(SNc3nccs3)cc2Cl)c1. The summed E-state index contributed by atoms with van der Waals surface area (Å²) in [6, 6.07) is 9.06. The van der Waals surface area contributed by atoms with Crippen LogP contribution in [0.25, 0.3) is 0 Å². The Kier molecular flexibility index (Phi) is 5.55. The molecule has 8 heteroatoms. The topological polar surface area (TPSA) is 37.0 Å². The van der Waals surface area contributed by atoms with Crippen LogP contribution in [0.15, 0.2) is 52.9 Å². The number of benzene rings is 2. The fourth-order valence-electron chi connectivity index (χ4n) is 1.96. The number of hydrogen-bond donors (Lipinski definition) is 2. The van der Waals surface area contributed by atoms with Crippen molar-refractivity contribution in [1.29, 1.82) is 0 Å². The van der Waals surface area contributed by atoms with Crippen LogP contribution in [0.1, 0.15) is 5.56 Å². The second-order valence-electron chi connectivity index (χ2n) is 4.79. The summed E-state index contributed by atoms with van der Waals surface area (Å²) in [6.07, 6.45) is 1.66. The van der Waals surface area contributed by atoms with E-state index in [2.05, 4.69) is 15.0 Å². The maximum absolute atomic E-state index is 14.2. The Morgan fingerprint density at radius 2 is 2.08 bits per heavy atom. The van der Waals surface area contributed by atoms with Crippen LogP contribution in [0.5, 0.6) is 0 Å². The highest BCUT2D eigenvalue weighted by molar-refractivity contribution is 8.00. The predicted molar refractivity (Wildman–Crippen MR) is 96.7 cm³/mol. The second kappa shape index (κ2) is 7.83. The van der Waals surface area contributed by atoms with Crippen molar-refractivity contribution in [3.05, 3.63) is 70.2 Å². The number of hydrogen-bond acceptors (Lipinski definition) is 5. The zero-order chi connectivity index (χ0) is 16.9. The summed E-state index contributed by atoms with van der Waals surface area (Å²) in [6.45, 7) is 0.348. The van der Waals surface area contributed by atoms with Crippen LogP contribution in [0.4, 0.5) is 19.6 Å². The third-order valence-electron chi connectivity index (χ3n) is 3.07. The van der Waals surface area contributed by atoms with Crippen molar-refractivity contribution in [1.82, 2.24) is 4.98 Å². The molecule has 0 radical (unpaired) electrons. The average molecular weight is 384 g/mol. The summed E-state index contributed by atoms with van der Waals surface area (Å²) >= 11 is 8.73. The van der Waals surface area contributed by atoms with Gasteiger partial charge in [-0.3, -0.25) is 0 Å². The standard InChI is InChI=1S/C16H12ClF2N3S2/c17-12-7-15(24-22-16-20-4-5-23-16)13(19)8-14(12)21-9-10-2-1-3-11(18)6-10/h1-8,21H,9H2,(H,20,22). The van der Waals surface area contributed by atoms with Gasteiger partial charge in [0.05, 0.1) is 15.6 Å². The molecular weight excluding hydrogens is 372 g/mol. The highest BCUT2D eigenvalue weighted by Crippen LogP contribution is 2.32. The molecule has 0 fully saturated rings. The lowest BCUT2D eigenvalue weighted by atomic mass is 10.2. The van der Waals surface area contributed by atoms with Gasteiger partial charge in [0.2, 0.25) is 0 Å². The fourth-order valence-corrected chi connectivity index (χ4v) is 3.53. The summed E-state index contributed by atoms with van der Waals surface area (Å²) in [5.74, 6) is -0.721. The Morgan fingerprint density at radius 1 is 1.21 bits per heavy atom. The Morgan fingerprint density at radius 3 is 2.83 bits per heavy atom. The van der Waals surface area contributed by atoms with Gasteiger partial charge in [0.25, 0.3) is 0 Å². The molecule has 3 rings (SSSR count). The summed E-state index contributed by atoms with van der Waals surface area (Å²) < 4.78 is 30.3. The van der Waals surface area contributed by atoms with E-state index in [4.69, 9.17) is 11.6 Å². The van der Waals surface area contributed by atoms with Gasteiger partial charge in [0.15, 0.2) is 5.13 Å². The molecule has 1 aromatic heterocycles. The highest BCUT2D eigenvalue weighted by atomic mass is 35.5. The van der Waals surface area contributed by atoms with Crippen LogP contribution >= 0.6 is 34.9 Å². The number of anilines is 2. The fraction of sp³-hybridized carbons (Fsp3) is 0.0625. The van der Waals surface area contributed by atoms with Crippen LogP contribution in [-0.2, 0) is 6.54 Å². The van der Waals surface area contributed by atoms with Gasteiger partial charge in [-0.05, 0) is 41.8 Å². The Bertz CT molecular complexity index is 828. The van der Waals surface area contributed by atoms with Gasteiger partial charge in [-0.1, -0.05) is 23.7 Å². The van der Waals surface area contributed by atoms with E-state index in [1.807, 2.05) is 5.38 Å². The van der Waals surface area contributed by atoms with E-state index in [-0.39, 0.29) is 5.82 Å². The van der Waals surface area contributed by atoms with Crippen LogP contribution < -0.4 is 10.0 Å². The van der Waals surface area contributed by atoms with Gasteiger partial charge in [0, 0.05) is 18.1 Å². The molecule has 0 aliphatic rings.